The number of rotatable bonds is 3. The van der Waals surface area contributed by atoms with Crippen molar-refractivity contribution in [3.05, 3.63) is 108 Å². The Morgan fingerprint density at radius 2 is 1.17 bits per heavy atom. The van der Waals surface area contributed by atoms with Crippen molar-refractivity contribution in [2.75, 3.05) is 4.90 Å². The molecule has 0 aliphatic heterocycles. The molecule has 1 nitrogen and oxygen atoms in total. The maximum atomic E-state index is 2.63. The van der Waals surface area contributed by atoms with Crippen LogP contribution >= 0.6 is 0 Å². The van der Waals surface area contributed by atoms with E-state index in [0.717, 1.165) is 0 Å². The topological polar surface area (TPSA) is 3.24 Å². The van der Waals surface area contributed by atoms with Crippen molar-refractivity contribution in [1.82, 2.24) is 0 Å². The highest BCUT2D eigenvalue weighted by molar-refractivity contribution is 5.92. The van der Waals surface area contributed by atoms with E-state index in [2.05, 4.69) is 151 Å². The van der Waals surface area contributed by atoms with Crippen LogP contribution in [0.3, 0.4) is 0 Å². The van der Waals surface area contributed by atoms with Crippen molar-refractivity contribution in [3.8, 4) is 22.3 Å². The van der Waals surface area contributed by atoms with Gasteiger partial charge in [0.1, 0.15) is 0 Å². The molecule has 0 saturated carbocycles. The number of anilines is 2. The van der Waals surface area contributed by atoms with Crippen molar-refractivity contribution in [2.24, 2.45) is 0 Å². The summed E-state index contributed by atoms with van der Waals surface area (Å²) in [5.41, 5.74) is 11.8. The van der Waals surface area contributed by atoms with Crippen LogP contribution in [0.5, 0.6) is 0 Å². The van der Waals surface area contributed by atoms with Crippen LogP contribution in [-0.4, -0.2) is 5.54 Å². The van der Waals surface area contributed by atoms with E-state index >= 15 is 0 Å². The van der Waals surface area contributed by atoms with E-state index in [0.29, 0.717) is 0 Å². The molecule has 0 bridgehead atoms. The highest BCUT2D eigenvalue weighted by Gasteiger charge is 2.42. The molecule has 1 aliphatic rings. The Morgan fingerprint density at radius 1 is 0.583 bits per heavy atom. The quantitative estimate of drug-likeness (QED) is 0.286. The predicted octanol–water partition coefficient (Wildman–Crippen LogP) is 9.89. The number of benzene rings is 4. The lowest BCUT2D eigenvalue weighted by Gasteiger charge is -2.44. The van der Waals surface area contributed by atoms with Gasteiger partial charge in [0.05, 0.1) is 5.69 Å². The molecule has 5 rings (SSSR count). The van der Waals surface area contributed by atoms with Gasteiger partial charge in [0.25, 0.3) is 0 Å². The van der Waals surface area contributed by atoms with Gasteiger partial charge in [-0.2, -0.15) is 0 Å². The van der Waals surface area contributed by atoms with E-state index < -0.39 is 0 Å². The second kappa shape index (κ2) is 8.37. The fourth-order valence-electron chi connectivity index (χ4n) is 6.03. The molecule has 0 radical (unpaired) electrons. The van der Waals surface area contributed by atoms with Crippen molar-refractivity contribution < 1.29 is 0 Å². The van der Waals surface area contributed by atoms with Crippen LogP contribution in [-0.2, 0) is 10.8 Å². The van der Waals surface area contributed by atoms with Crippen molar-refractivity contribution >= 4 is 11.4 Å². The SMILES string of the molecule is CC(C)(C)c1ccc2c(c1N(c1ccccc1-c1ccccc1)C(C)(C)C)C(C)(C)c1ccccc1-2. The number of fused-ring (bicyclic) bond motifs is 3. The van der Waals surface area contributed by atoms with E-state index in [4.69, 9.17) is 0 Å². The molecule has 0 atom stereocenters. The fourth-order valence-corrected chi connectivity index (χ4v) is 6.03. The van der Waals surface area contributed by atoms with Gasteiger partial charge in [-0.25, -0.2) is 0 Å². The smallest absolute Gasteiger partial charge is 0.0501 e. The molecule has 0 N–H and O–H groups in total. The zero-order chi connectivity index (χ0) is 25.9. The molecule has 0 spiro atoms. The molecule has 4 aromatic carbocycles. The first kappa shape index (κ1) is 24.4. The molecular weight excluding hydrogens is 434 g/mol. The Hall–Kier alpha value is -3.32. The Kier molecular flexibility index (Phi) is 5.67. The normalized spacial score (nSPS) is 14.3. The fraction of sp³-hybridized carbons (Fsp3) is 0.314. The summed E-state index contributed by atoms with van der Waals surface area (Å²) in [4.78, 5) is 2.63. The molecule has 184 valence electrons. The zero-order valence-electron chi connectivity index (χ0n) is 23.1. The first-order valence-corrected chi connectivity index (χ1v) is 13.1. The molecule has 0 amide bonds. The van der Waals surface area contributed by atoms with Gasteiger partial charge in [-0.3, -0.25) is 0 Å². The Labute approximate surface area is 217 Å². The zero-order valence-corrected chi connectivity index (χ0v) is 23.1. The number of nitrogens with zero attached hydrogens (tertiary/aromatic N) is 1. The Bertz CT molecular complexity index is 1410. The van der Waals surface area contributed by atoms with Crippen molar-refractivity contribution in [3.63, 3.8) is 0 Å². The summed E-state index contributed by atoms with van der Waals surface area (Å²) in [6, 6.07) is 33.4. The first-order chi connectivity index (χ1) is 16.9. The van der Waals surface area contributed by atoms with Gasteiger partial charge in [-0.15, -0.1) is 0 Å². The summed E-state index contributed by atoms with van der Waals surface area (Å²) < 4.78 is 0. The third-order valence-electron chi connectivity index (χ3n) is 7.63. The number of hydrogen-bond donors (Lipinski definition) is 0. The lowest BCUT2D eigenvalue weighted by Crippen LogP contribution is -2.41. The lowest BCUT2D eigenvalue weighted by atomic mass is 9.76. The average molecular weight is 474 g/mol. The van der Waals surface area contributed by atoms with Crippen LogP contribution < -0.4 is 4.90 Å². The minimum absolute atomic E-state index is 0.0135. The van der Waals surface area contributed by atoms with Gasteiger partial charge < -0.3 is 4.90 Å². The van der Waals surface area contributed by atoms with Gasteiger partial charge in [-0.1, -0.05) is 120 Å². The van der Waals surface area contributed by atoms with E-state index in [-0.39, 0.29) is 16.4 Å². The third kappa shape index (κ3) is 3.86. The van der Waals surface area contributed by atoms with Crippen LogP contribution in [0.1, 0.15) is 72.1 Å². The molecule has 0 fully saturated rings. The standard InChI is InChI=1S/C35H39N/c1-33(2,3)29-23-22-27-26-19-12-14-20-28(26)35(7,8)31(27)32(29)36(34(4,5)6)30-21-15-13-18-25(30)24-16-10-9-11-17-24/h9-23H,1-8H3. The average Bonchev–Trinajstić information content (AvgIpc) is 3.06. The Balaban J connectivity index is 1.90. The number of para-hydroxylation sites is 1. The lowest BCUT2D eigenvalue weighted by molar-refractivity contribution is 0.536. The maximum absolute atomic E-state index is 2.63. The molecular formula is C35H39N. The van der Waals surface area contributed by atoms with E-state index in [9.17, 15) is 0 Å². The van der Waals surface area contributed by atoms with E-state index in [1.807, 2.05) is 0 Å². The van der Waals surface area contributed by atoms with Crippen molar-refractivity contribution in [2.45, 2.75) is 71.8 Å². The van der Waals surface area contributed by atoms with Crippen LogP contribution in [0.2, 0.25) is 0 Å². The van der Waals surface area contributed by atoms with Gasteiger partial charge in [0.2, 0.25) is 0 Å². The molecule has 1 aliphatic carbocycles. The predicted molar refractivity (Wildman–Crippen MR) is 156 cm³/mol. The van der Waals surface area contributed by atoms with Crippen LogP contribution in [0.25, 0.3) is 22.3 Å². The molecule has 1 heteroatoms. The molecule has 0 aromatic heterocycles. The first-order valence-electron chi connectivity index (χ1n) is 13.1. The van der Waals surface area contributed by atoms with E-state index in [1.165, 1.54) is 50.3 Å². The Morgan fingerprint density at radius 3 is 1.81 bits per heavy atom. The van der Waals surface area contributed by atoms with E-state index in [1.54, 1.807) is 0 Å². The highest BCUT2D eigenvalue weighted by atomic mass is 15.2. The van der Waals surface area contributed by atoms with Crippen LogP contribution in [0.15, 0.2) is 91.0 Å². The highest BCUT2D eigenvalue weighted by Crippen LogP contribution is 2.57. The van der Waals surface area contributed by atoms with Crippen LogP contribution in [0.4, 0.5) is 11.4 Å². The molecule has 0 saturated heterocycles. The largest absolute Gasteiger partial charge is 0.335 e. The second-order valence-corrected chi connectivity index (χ2v) is 12.7. The molecule has 0 heterocycles. The monoisotopic (exact) mass is 473 g/mol. The summed E-state index contributed by atoms with van der Waals surface area (Å²) >= 11 is 0. The van der Waals surface area contributed by atoms with Crippen molar-refractivity contribution in [1.29, 1.82) is 0 Å². The number of hydrogen-bond acceptors (Lipinski definition) is 1. The maximum Gasteiger partial charge on any atom is 0.0501 e. The van der Waals surface area contributed by atoms with Gasteiger partial charge in [-0.05, 0) is 65.6 Å². The van der Waals surface area contributed by atoms with Gasteiger partial charge >= 0.3 is 0 Å². The van der Waals surface area contributed by atoms with Crippen LogP contribution in [0, 0.1) is 0 Å². The summed E-state index contributed by atoms with van der Waals surface area (Å²) in [6.45, 7) is 18.9. The summed E-state index contributed by atoms with van der Waals surface area (Å²) in [7, 11) is 0. The summed E-state index contributed by atoms with van der Waals surface area (Å²) in [5, 5.41) is 0. The second-order valence-electron chi connectivity index (χ2n) is 12.7. The van der Waals surface area contributed by atoms with Gasteiger partial charge in [0.15, 0.2) is 0 Å². The molecule has 0 unspecified atom stereocenters. The molecule has 4 aromatic rings. The summed E-state index contributed by atoms with van der Waals surface area (Å²) in [5.74, 6) is 0. The van der Waals surface area contributed by atoms with Gasteiger partial charge in [0, 0.05) is 22.2 Å². The molecule has 36 heavy (non-hydrogen) atoms. The minimum Gasteiger partial charge on any atom is -0.335 e. The third-order valence-corrected chi connectivity index (χ3v) is 7.63. The summed E-state index contributed by atoms with van der Waals surface area (Å²) in [6.07, 6.45) is 0. The minimum atomic E-state index is -0.148.